The van der Waals surface area contributed by atoms with Gasteiger partial charge in [-0.05, 0) is 12.0 Å². The van der Waals surface area contributed by atoms with Crippen molar-refractivity contribution in [3.63, 3.8) is 0 Å². The van der Waals surface area contributed by atoms with E-state index in [1.54, 1.807) is 21.6 Å². The number of carbonyl (C=O) groups excluding carboxylic acids is 1. The van der Waals surface area contributed by atoms with Crippen LogP contribution in [-0.4, -0.2) is 70.2 Å². The van der Waals surface area contributed by atoms with Gasteiger partial charge in [0.1, 0.15) is 0 Å². The van der Waals surface area contributed by atoms with Crippen molar-refractivity contribution < 1.29 is 13.2 Å². The summed E-state index contributed by atoms with van der Waals surface area (Å²) < 4.78 is 28.3. The van der Waals surface area contributed by atoms with E-state index in [1.807, 2.05) is 25.1 Å². The van der Waals surface area contributed by atoms with Gasteiger partial charge in [0.05, 0.1) is 11.5 Å². The van der Waals surface area contributed by atoms with Crippen molar-refractivity contribution in [2.75, 3.05) is 31.9 Å². The maximum atomic E-state index is 12.6. The summed E-state index contributed by atoms with van der Waals surface area (Å²) in [6.45, 7) is 3.90. The molecule has 11 heteroatoms. The Morgan fingerprint density at radius 2 is 1.87 bits per heavy atom. The van der Waals surface area contributed by atoms with Crippen molar-refractivity contribution >= 4 is 27.7 Å². The molecular weight excluding hydrogens is 426 g/mol. The topological polar surface area (TPSA) is 108 Å². The fourth-order valence-corrected chi connectivity index (χ4v) is 5.63. The summed E-state index contributed by atoms with van der Waals surface area (Å²) in [5.41, 5.74) is 0.483. The van der Waals surface area contributed by atoms with E-state index in [0.29, 0.717) is 24.8 Å². The van der Waals surface area contributed by atoms with Crippen LogP contribution in [0, 0.1) is 0 Å². The van der Waals surface area contributed by atoms with E-state index < -0.39 is 10.0 Å². The van der Waals surface area contributed by atoms with Gasteiger partial charge in [-0.1, -0.05) is 55.4 Å². The number of hydrogen-bond donors (Lipinski definition) is 1. The maximum Gasteiger partial charge on any atom is 0.343 e. The largest absolute Gasteiger partial charge is 0.343 e. The number of carbonyl (C=O) groups is 1. The Labute approximate surface area is 180 Å². The molecule has 1 aliphatic heterocycles. The van der Waals surface area contributed by atoms with E-state index >= 15 is 0 Å². The number of rotatable bonds is 9. The van der Waals surface area contributed by atoms with Crippen molar-refractivity contribution in [1.29, 1.82) is 0 Å². The standard InChI is InChI=1S/C19H27N5O4S2/c1-2-3-9-24-18(26)20-21-19(24)29-14-17(25)22-10-12-23(13-11-22)30(27,28)15-16-7-5-4-6-8-16/h4-8H,2-3,9-15H2,1H3,(H,20,26). The second-order valence-corrected chi connectivity index (χ2v) is 10.0. The number of H-pyrrole nitrogens is 1. The highest BCUT2D eigenvalue weighted by Crippen LogP contribution is 2.17. The molecule has 1 amide bonds. The lowest BCUT2D eigenvalue weighted by molar-refractivity contribution is -0.129. The average molecular weight is 454 g/mol. The van der Waals surface area contributed by atoms with Crippen LogP contribution in [0.2, 0.25) is 0 Å². The Morgan fingerprint density at radius 1 is 1.17 bits per heavy atom. The highest BCUT2D eigenvalue weighted by molar-refractivity contribution is 7.99. The van der Waals surface area contributed by atoms with Crippen molar-refractivity contribution in [2.24, 2.45) is 0 Å². The zero-order chi connectivity index (χ0) is 21.6. The molecule has 0 radical (unpaired) electrons. The summed E-state index contributed by atoms with van der Waals surface area (Å²) in [6.07, 6.45) is 1.82. The van der Waals surface area contributed by atoms with Crippen molar-refractivity contribution in [2.45, 2.75) is 37.2 Å². The first-order valence-electron chi connectivity index (χ1n) is 9.98. The van der Waals surface area contributed by atoms with Gasteiger partial charge < -0.3 is 4.90 Å². The summed E-state index contributed by atoms with van der Waals surface area (Å²) in [6, 6.07) is 9.08. The van der Waals surface area contributed by atoms with Gasteiger partial charge in [0.15, 0.2) is 5.16 Å². The minimum Gasteiger partial charge on any atom is -0.339 e. The SMILES string of the molecule is CCCCn1c(SCC(=O)N2CCN(S(=O)(=O)Cc3ccccc3)CC2)n[nH]c1=O. The molecule has 3 rings (SSSR count). The van der Waals surface area contributed by atoms with Crippen LogP contribution in [0.3, 0.4) is 0 Å². The number of piperazine rings is 1. The maximum absolute atomic E-state index is 12.6. The molecule has 0 aliphatic carbocycles. The molecular formula is C19H27N5O4S2. The minimum absolute atomic E-state index is 0.0356. The zero-order valence-corrected chi connectivity index (χ0v) is 18.6. The molecule has 9 nitrogen and oxygen atoms in total. The van der Waals surface area contributed by atoms with E-state index in [0.717, 1.165) is 18.4 Å². The van der Waals surface area contributed by atoms with Crippen molar-refractivity contribution in [3.05, 3.63) is 46.4 Å². The molecule has 0 bridgehead atoms. The van der Waals surface area contributed by atoms with E-state index in [4.69, 9.17) is 0 Å². The summed E-state index contributed by atoms with van der Waals surface area (Å²) in [4.78, 5) is 26.1. The number of sulfonamides is 1. The molecule has 0 unspecified atom stereocenters. The van der Waals surface area contributed by atoms with Gasteiger partial charge >= 0.3 is 5.69 Å². The van der Waals surface area contributed by atoms with Crippen molar-refractivity contribution in [1.82, 2.24) is 24.0 Å². The van der Waals surface area contributed by atoms with Gasteiger partial charge in [0, 0.05) is 32.7 Å². The molecule has 1 saturated heterocycles. The Bertz CT molecular complexity index is 995. The third-order valence-electron chi connectivity index (χ3n) is 4.96. The number of benzene rings is 1. The number of hydrogen-bond acceptors (Lipinski definition) is 6. The lowest BCUT2D eigenvalue weighted by Gasteiger charge is -2.34. The van der Waals surface area contributed by atoms with Crippen LogP contribution in [0.1, 0.15) is 25.3 Å². The summed E-state index contributed by atoms with van der Waals surface area (Å²) in [7, 11) is -3.41. The van der Waals surface area contributed by atoms with Crippen molar-refractivity contribution in [3.8, 4) is 0 Å². The average Bonchev–Trinajstić information content (AvgIpc) is 3.10. The number of thioether (sulfide) groups is 1. The van der Waals surface area contributed by atoms with Crippen LogP contribution in [0.4, 0.5) is 0 Å². The van der Waals surface area contributed by atoms with Crippen LogP contribution in [0.5, 0.6) is 0 Å². The molecule has 2 heterocycles. The van der Waals surface area contributed by atoms with Gasteiger partial charge in [-0.3, -0.25) is 9.36 Å². The quantitative estimate of drug-likeness (QED) is 0.571. The summed E-state index contributed by atoms with van der Waals surface area (Å²) in [5.74, 6) is 0.0387. The highest BCUT2D eigenvalue weighted by atomic mass is 32.2. The molecule has 30 heavy (non-hydrogen) atoms. The first-order chi connectivity index (χ1) is 14.4. The summed E-state index contributed by atoms with van der Waals surface area (Å²) in [5, 5.41) is 6.94. The van der Waals surface area contributed by atoms with Gasteiger partial charge in [0.2, 0.25) is 15.9 Å². The molecule has 0 saturated carbocycles. The predicted molar refractivity (Wildman–Crippen MR) is 116 cm³/mol. The van der Waals surface area contributed by atoms with E-state index in [-0.39, 0.29) is 36.2 Å². The van der Waals surface area contributed by atoms with Gasteiger partial charge in [-0.25, -0.2) is 18.3 Å². The Morgan fingerprint density at radius 3 is 2.53 bits per heavy atom. The molecule has 1 aromatic heterocycles. The number of aromatic nitrogens is 3. The Kier molecular flexibility index (Phi) is 7.73. The monoisotopic (exact) mass is 453 g/mol. The molecule has 1 aromatic carbocycles. The number of amides is 1. The smallest absolute Gasteiger partial charge is 0.339 e. The number of nitrogens with one attached hydrogen (secondary N) is 1. The van der Waals surface area contributed by atoms with Crippen LogP contribution in [0.15, 0.2) is 40.3 Å². The lowest BCUT2D eigenvalue weighted by atomic mass is 10.2. The molecule has 1 N–H and O–H groups in total. The molecule has 1 fully saturated rings. The number of nitrogens with zero attached hydrogens (tertiary/aromatic N) is 4. The molecule has 0 atom stereocenters. The number of aromatic amines is 1. The third kappa shape index (κ3) is 5.73. The predicted octanol–water partition coefficient (Wildman–Crippen LogP) is 1.14. The first kappa shape index (κ1) is 22.6. The highest BCUT2D eigenvalue weighted by Gasteiger charge is 2.29. The van der Waals surface area contributed by atoms with Crippen LogP contribution in [0.25, 0.3) is 0 Å². The van der Waals surface area contributed by atoms with E-state index in [2.05, 4.69) is 10.2 Å². The molecule has 2 aromatic rings. The number of unbranched alkanes of at least 4 members (excludes halogenated alkanes) is 1. The fraction of sp³-hybridized carbons (Fsp3) is 0.526. The zero-order valence-electron chi connectivity index (χ0n) is 17.0. The Hall–Kier alpha value is -2.11. The normalized spacial score (nSPS) is 15.4. The molecule has 164 valence electrons. The molecule has 1 aliphatic rings. The third-order valence-corrected chi connectivity index (χ3v) is 7.77. The van der Waals surface area contributed by atoms with E-state index in [9.17, 15) is 18.0 Å². The van der Waals surface area contributed by atoms with Crippen LogP contribution >= 0.6 is 11.8 Å². The minimum atomic E-state index is -3.41. The van der Waals surface area contributed by atoms with Gasteiger partial charge in [0.25, 0.3) is 0 Å². The molecule has 0 spiro atoms. The Balaban J connectivity index is 1.50. The lowest BCUT2D eigenvalue weighted by Crippen LogP contribution is -2.51. The van der Waals surface area contributed by atoms with Gasteiger partial charge in [-0.2, -0.15) is 4.31 Å². The van der Waals surface area contributed by atoms with Gasteiger partial charge in [-0.15, -0.1) is 5.10 Å². The summed E-state index contributed by atoms with van der Waals surface area (Å²) >= 11 is 1.23. The van der Waals surface area contributed by atoms with Crippen LogP contribution in [-0.2, 0) is 27.1 Å². The van der Waals surface area contributed by atoms with Crippen LogP contribution < -0.4 is 5.69 Å². The second-order valence-electron chi connectivity index (χ2n) is 7.13. The fourth-order valence-electron chi connectivity index (χ4n) is 3.24. The van der Waals surface area contributed by atoms with E-state index in [1.165, 1.54) is 16.1 Å². The first-order valence-corrected chi connectivity index (χ1v) is 12.6. The second kappa shape index (κ2) is 10.3.